The minimum Gasteiger partial charge on any atom is -0.454 e. The van der Waals surface area contributed by atoms with Gasteiger partial charge in [-0.05, 0) is 24.6 Å². The van der Waals surface area contributed by atoms with Gasteiger partial charge in [-0.3, -0.25) is 10.1 Å². The number of hydrogen-bond donors (Lipinski definition) is 3. The molecule has 0 saturated heterocycles. The molecule has 108 valence electrons. The van der Waals surface area contributed by atoms with Crippen LogP contribution in [0.2, 0.25) is 0 Å². The molecule has 1 aliphatic heterocycles. The van der Waals surface area contributed by atoms with Crippen molar-refractivity contribution in [2.45, 2.75) is 19.5 Å². The third-order valence-corrected chi connectivity index (χ3v) is 2.91. The molecule has 2 rings (SSSR count). The first-order valence-electron chi connectivity index (χ1n) is 6.24. The van der Waals surface area contributed by atoms with Gasteiger partial charge >= 0.3 is 6.03 Å². The van der Waals surface area contributed by atoms with Crippen LogP contribution in [-0.2, 0) is 11.3 Å². The highest BCUT2D eigenvalue weighted by Gasteiger charge is 2.16. The Morgan fingerprint density at radius 1 is 1.30 bits per heavy atom. The van der Waals surface area contributed by atoms with Gasteiger partial charge in [0.25, 0.3) is 0 Å². The zero-order valence-electron chi connectivity index (χ0n) is 11.4. The summed E-state index contributed by atoms with van der Waals surface area (Å²) in [5.41, 5.74) is 0.967. The van der Waals surface area contributed by atoms with Crippen molar-refractivity contribution in [1.29, 1.82) is 0 Å². The predicted octanol–water partition coefficient (Wildman–Crippen LogP) is 0.349. The van der Waals surface area contributed by atoms with Crippen LogP contribution < -0.4 is 25.4 Å². The first-order valence-corrected chi connectivity index (χ1v) is 6.24. The second-order valence-electron chi connectivity index (χ2n) is 4.36. The maximum absolute atomic E-state index is 11.6. The summed E-state index contributed by atoms with van der Waals surface area (Å²) in [6.07, 6.45) is 0. The minimum absolute atomic E-state index is 0.233. The summed E-state index contributed by atoms with van der Waals surface area (Å²) in [4.78, 5) is 22.7. The minimum atomic E-state index is -0.522. The molecule has 1 unspecified atom stereocenters. The van der Waals surface area contributed by atoms with Crippen LogP contribution in [0.5, 0.6) is 11.5 Å². The molecule has 20 heavy (non-hydrogen) atoms. The van der Waals surface area contributed by atoms with Gasteiger partial charge in [0.15, 0.2) is 11.5 Å². The third-order valence-electron chi connectivity index (χ3n) is 2.91. The molecule has 1 aliphatic rings. The average molecular weight is 279 g/mol. The van der Waals surface area contributed by atoms with Crippen LogP contribution >= 0.6 is 0 Å². The van der Waals surface area contributed by atoms with Crippen LogP contribution in [0, 0.1) is 0 Å². The SMILES string of the molecule is CNC(=O)NC(=O)C(C)NCc1ccc2c(c1)OCO2. The molecule has 0 saturated carbocycles. The van der Waals surface area contributed by atoms with E-state index in [1.54, 1.807) is 6.92 Å². The largest absolute Gasteiger partial charge is 0.454 e. The van der Waals surface area contributed by atoms with Crippen LogP contribution in [0.25, 0.3) is 0 Å². The number of nitrogens with one attached hydrogen (secondary N) is 3. The lowest BCUT2D eigenvalue weighted by atomic mass is 10.2. The number of carbonyl (C=O) groups is 2. The van der Waals surface area contributed by atoms with Crippen molar-refractivity contribution in [2.24, 2.45) is 0 Å². The number of fused-ring (bicyclic) bond motifs is 1. The standard InChI is InChI=1S/C13H17N3O4/c1-8(12(17)16-13(18)14-2)15-6-9-3-4-10-11(5-9)20-7-19-10/h3-5,8,15H,6-7H2,1-2H3,(H2,14,16,17,18). The van der Waals surface area contributed by atoms with Crippen LogP contribution in [0.15, 0.2) is 18.2 Å². The molecule has 7 nitrogen and oxygen atoms in total. The molecule has 1 heterocycles. The third kappa shape index (κ3) is 3.39. The second-order valence-corrected chi connectivity index (χ2v) is 4.36. The van der Waals surface area contributed by atoms with Gasteiger partial charge in [-0.15, -0.1) is 0 Å². The van der Waals surface area contributed by atoms with Crippen LogP contribution in [0.1, 0.15) is 12.5 Å². The fraction of sp³-hybridized carbons (Fsp3) is 0.385. The summed E-state index contributed by atoms with van der Waals surface area (Å²) in [6, 6.07) is 4.57. The van der Waals surface area contributed by atoms with Gasteiger partial charge in [0, 0.05) is 13.6 Å². The fourth-order valence-corrected chi connectivity index (χ4v) is 1.70. The lowest BCUT2D eigenvalue weighted by Gasteiger charge is -2.13. The Morgan fingerprint density at radius 3 is 2.80 bits per heavy atom. The van der Waals surface area contributed by atoms with Crippen molar-refractivity contribution in [3.63, 3.8) is 0 Å². The lowest BCUT2D eigenvalue weighted by Crippen LogP contribution is -2.47. The van der Waals surface area contributed by atoms with Crippen molar-refractivity contribution < 1.29 is 19.1 Å². The summed E-state index contributed by atoms with van der Waals surface area (Å²) in [6.45, 7) is 2.40. The van der Waals surface area contributed by atoms with E-state index >= 15 is 0 Å². The van der Waals surface area contributed by atoms with Gasteiger partial charge in [0.1, 0.15) is 0 Å². The van der Waals surface area contributed by atoms with Gasteiger partial charge in [0.05, 0.1) is 6.04 Å². The molecule has 0 aliphatic carbocycles. The molecular weight excluding hydrogens is 262 g/mol. The Kier molecular flexibility index (Phi) is 4.41. The van der Waals surface area contributed by atoms with E-state index in [4.69, 9.17) is 9.47 Å². The topological polar surface area (TPSA) is 88.7 Å². The highest BCUT2D eigenvalue weighted by Crippen LogP contribution is 2.32. The molecule has 1 aromatic carbocycles. The van der Waals surface area contributed by atoms with Crippen LogP contribution in [-0.4, -0.2) is 31.8 Å². The Hall–Kier alpha value is -2.28. The van der Waals surface area contributed by atoms with E-state index in [1.165, 1.54) is 7.05 Å². The maximum atomic E-state index is 11.6. The molecule has 0 bridgehead atoms. The number of carbonyl (C=O) groups excluding carboxylic acids is 2. The monoisotopic (exact) mass is 279 g/mol. The molecule has 1 aromatic rings. The van der Waals surface area contributed by atoms with Crippen molar-refractivity contribution in [3.8, 4) is 11.5 Å². The number of hydrogen-bond acceptors (Lipinski definition) is 5. The quantitative estimate of drug-likeness (QED) is 0.740. The second kappa shape index (κ2) is 6.25. The average Bonchev–Trinajstić information content (AvgIpc) is 2.91. The first-order chi connectivity index (χ1) is 9.60. The molecule has 1 atom stereocenters. The van der Waals surface area contributed by atoms with Crippen LogP contribution in [0.3, 0.4) is 0 Å². The molecule has 0 fully saturated rings. The number of ether oxygens (including phenoxy) is 2. The molecule has 3 N–H and O–H groups in total. The van der Waals surface area contributed by atoms with Crippen molar-refractivity contribution in [3.05, 3.63) is 23.8 Å². The van der Waals surface area contributed by atoms with E-state index in [0.29, 0.717) is 12.3 Å². The van der Waals surface area contributed by atoms with Crippen molar-refractivity contribution in [2.75, 3.05) is 13.8 Å². The van der Waals surface area contributed by atoms with E-state index in [1.807, 2.05) is 18.2 Å². The zero-order chi connectivity index (χ0) is 14.5. The Bertz CT molecular complexity index is 518. The van der Waals surface area contributed by atoms with Crippen molar-refractivity contribution >= 4 is 11.9 Å². The van der Waals surface area contributed by atoms with E-state index in [0.717, 1.165) is 11.3 Å². The lowest BCUT2D eigenvalue weighted by molar-refractivity contribution is -0.121. The summed E-state index contributed by atoms with van der Waals surface area (Å²) >= 11 is 0. The van der Waals surface area contributed by atoms with Gasteiger partial charge in [-0.25, -0.2) is 4.79 Å². The number of rotatable bonds is 4. The molecule has 3 amide bonds. The van der Waals surface area contributed by atoms with Gasteiger partial charge < -0.3 is 20.1 Å². The molecule has 0 spiro atoms. The molecule has 0 aromatic heterocycles. The van der Waals surface area contributed by atoms with E-state index < -0.39 is 12.1 Å². The van der Waals surface area contributed by atoms with Crippen molar-refractivity contribution in [1.82, 2.24) is 16.0 Å². The number of urea groups is 1. The highest BCUT2D eigenvalue weighted by molar-refractivity contribution is 5.96. The van der Waals surface area contributed by atoms with Crippen LogP contribution in [0.4, 0.5) is 4.79 Å². The van der Waals surface area contributed by atoms with E-state index in [2.05, 4.69) is 16.0 Å². The summed E-state index contributed by atoms with van der Waals surface area (Å²) < 4.78 is 10.5. The van der Waals surface area contributed by atoms with Gasteiger partial charge in [-0.1, -0.05) is 6.07 Å². The zero-order valence-corrected chi connectivity index (χ0v) is 11.4. The van der Waals surface area contributed by atoms with E-state index in [-0.39, 0.29) is 12.7 Å². The normalized spacial score (nSPS) is 13.7. The summed E-state index contributed by atoms with van der Waals surface area (Å²) in [5.74, 6) is 1.04. The van der Waals surface area contributed by atoms with Gasteiger partial charge in [0.2, 0.25) is 12.7 Å². The van der Waals surface area contributed by atoms with E-state index in [9.17, 15) is 9.59 Å². The fourth-order valence-electron chi connectivity index (χ4n) is 1.70. The Labute approximate surface area is 116 Å². The predicted molar refractivity (Wildman–Crippen MR) is 71.5 cm³/mol. The van der Waals surface area contributed by atoms with Gasteiger partial charge in [-0.2, -0.15) is 0 Å². The Balaban J connectivity index is 1.85. The molecule has 0 radical (unpaired) electrons. The smallest absolute Gasteiger partial charge is 0.321 e. The number of amides is 3. The maximum Gasteiger partial charge on any atom is 0.321 e. The first kappa shape index (κ1) is 14.1. The highest BCUT2D eigenvalue weighted by atomic mass is 16.7. The Morgan fingerprint density at radius 2 is 2.05 bits per heavy atom. The summed E-state index contributed by atoms with van der Waals surface area (Å²) in [7, 11) is 1.45. The molecule has 7 heteroatoms. The number of benzene rings is 1. The summed E-state index contributed by atoms with van der Waals surface area (Å²) in [5, 5.41) is 7.57. The number of imide groups is 1. The molecular formula is C13H17N3O4.